The van der Waals surface area contributed by atoms with E-state index in [1.807, 2.05) is 19.1 Å². The molecule has 0 aliphatic carbocycles. The van der Waals surface area contributed by atoms with Gasteiger partial charge >= 0.3 is 6.18 Å². The normalized spacial score (nSPS) is 18.2. The molecule has 0 saturated heterocycles. The first-order chi connectivity index (χ1) is 15.1. The lowest BCUT2D eigenvalue weighted by atomic mass is 9.95. The molecule has 2 aromatic carbocycles. The molecule has 3 heterocycles. The Balaban J connectivity index is 1.69. The van der Waals surface area contributed by atoms with Crippen LogP contribution in [0.15, 0.2) is 40.5 Å². The molecule has 1 atom stereocenters. The van der Waals surface area contributed by atoms with Crippen molar-refractivity contribution >= 4 is 44.4 Å². The Bertz CT molecular complexity index is 1350. The maximum absolute atomic E-state index is 13.2. The van der Waals surface area contributed by atoms with Gasteiger partial charge in [-0.3, -0.25) is 4.79 Å². The molecule has 0 spiro atoms. The Morgan fingerprint density at radius 2 is 1.94 bits per heavy atom. The van der Waals surface area contributed by atoms with E-state index in [-0.39, 0.29) is 5.91 Å². The number of aryl methyl sites for hydroxylation is 1. The van der Waals surface area contributed by atoms with Gasteiger partial charge in [0, 0.05) is 22.4 Å². The topological polar surface area (TPSA) is 63.0 Å². The fraction of sp³-hybridized carbons (Fsp3) is 0.261. The summed E-state index contributed by atoms with van der Waals surface area (Å²) in [5.74, 6) is 0.312. The van der Waals surface area contributed by atoms with E-state index in [9.17, 15) is 18.0 Å². The molecule has 164 valence electrons. The minimum absolute atomic E-state index is 0.217. The molecule has 3 aromatic rings. The van der Waals surface area contributed by atoms with E-state index in [4.69, 9.17) is 4.74 Å². The number of nitrogens with one attached hydrogen (secondary N) is 1. The number of benzene rings is 2. The molecular formula is C23H18F3N3O2S. The van der Waals surface area contributed by atoms with Crippen LogP contribution in [0.5, 0.6) is 5.75 Å². The molecule has 2 aliphatic heterocycles. The second kappa shape index (κ2) is 7.16. The van der Waals surface area contributed by atoms with Gasteiger partial charge < -0.3 is 10.1 Å². The molecule has 1 aromatic heterocycles. The van der Waals surface area contributed by atoms with E-state index in [1.54, 1.807) is 13.8 Å². The molecule has 1 amide bonds. The van der Waals surface area contributed by atoms with Gasteiger partial charge in [0.15, 0.2) is 6.10 Å². The second-order valence-corrected chi connectivity index (χ2v) is 9.03. The smallest absolute Gasteiger partial charge is 0.416 e. The Morgan fingerprint density at radius 1 is 1.16 bits per heavy atom. The minimum atomic E-state index is -4.41. The van der Waals surface area contributed by atoms with Crippen molar-refractivity contribution in [2.45, 2.75) is 39.5 Å². The average molecular weight is 457 g/mol. The summed E-state index contributed by atoms with van der Waals surface area (Å²) in [6, 6.07) is 7.47. The lowest BCUT2D eigenvalue weighted by molar-refractivity contribution is -0.137. The predicted molar refractivity (Wildman–Crippen MR) is 119 cm³/mol. The molecule has 9 heteroatoms. The SMILES string of the molecule is CC1=NN=C(c2sc3ccc(C(F)(F)F)cc3c2C)c2cc3c(cc2C1)NC(=O)C(C)O3. The molecule has 5 rings (SSSR count). The first-order valence-electron chi connectivity index (χ1n) is 9.98. The van der Waals surface area contributed by atoms with Gasteiger partial charge in [-0.15, -0.1) is 16.4 Å². The highest BCUT2D eigenvalue weighted by molar-refractivity contribution is 7.21. The van der Waals surface area contributed by atoms with Crippen LogP contribution in [0.25, 0.3) is 10.1 Å². The monoisotopic (exact) mass is 457 g/mol. The van der Waals surface area contributed by atoms with Gasteiger partial charge in [0.1, 0.15) is 11.5 Å². The van der Waals surface area contributed by atoms with E-state index in [0.717, 1.165) is 38.0 Å². The highest BCUT2D eigenvalue weighted by Gasteiger charge is 2.32. The fourth-order valence-electron chi connectivity index (χ4n) is 3.96. The Labute approximate surface area is 185 Å². The van der Waals surface area contributed by atoms with Crippen LogP contribution in [0.2, 0.25) is 0 Å². The van der Waals surface area contributed by atoms with Gasteiger partial charge in [0.2, 0.25) is 0 Å². The molecule has 0 bridgehead atoms. The van der Waals surface area contributed by atoms with E-state index >= 15 is 0 Å². The third-order valence-corrected chi connectivity index (χ3v) is 6.92. The van der Waals surface area contributed by atoms with Gasteiger partial charge in [-0.2, -0.15) is 18.3 Å². The Morgan fingerprint density at radius 3 is 2.69 bits per heavy atom. The molecule has 0 fully saturated rings. The van der Waals surface area contributed by atoms with Crippen molar-refractivity contribution in [2.24, 2.45) is 10.2 Å². The van der Waals surface area contributed by atoms with E-state index in [1.165, 1.54) is 23.5 Å². The average Bonchev–Trinajstić information content (AvgIpc) is 2.95. The second-order valence-electron chi connectivity index (χ2n) is 7.98. The number of carbonyl (C=O) groups is 1. The summed E-state index contributed by atoms with van der Waals surface area (Å²) in [6.45, 7) is 5.33. The summed E-state index contributed by atoms with van der Waals surface area (Å²) in [4.78, 5) is 12.8. The number of anilines is 1. The highest BCUT2D eigenvalue weighted by Crippen LogP contribution is 2.40. The first-order valence-corrected chi connectivity index (χ1v) is 10.8. The lowest BCUT2D eigenvalue weighted by Crippen LogP contribution is -2.34. The zero-order valence-electron chi connectivity index (χ0n) is 17.4. The number of amides is 1. The van der Waals surface area contributed by atoms with Gasteiger partial charge in [0.05, 0.1) is 16.1 Å². The van der Waals surface area contributed by atoms with Crippen molar-refractivity contribution in [1.82, 2.24) is 0 Å². The molecule has 5 nitrogen and oxygen atoms in total. The largest absolute Gasteiger partial charge is 0.479 e. The van der Waals surface area contributed by atoms with Crippen LogP contribution in [-0.2, 0) is 17.4 Å². The fourth-order valence-corrected chi connectivity index (χ4v) is 5.14. The molecule has 2 aliphatic rings. The lowest BCUT2D eigenvalue weighted by Gasteiger charge is -2.25. The first kappa shape index (κ1) is 20.7. The van der Waals surface area contributed by atoms with Crippen LogP contribution >= 0.6 is 11.3 Å². The van der Waals surface area contributed by atoms with Gasteiger partial charge in [-0.05, 0) is 67.6 Å². The van der Waals surface area contributed by atoms with Crippen molar-refractivity contribution in [1.29, 1.82) is 0 Å². The van der Waals surface area contributed by atoms with Crippen molar-refractivity contribution in [3.63, 3.8) is 0 Å². The minimum Gasteiger partial charge on any atom is -0.479 e. The summed E-state index contributed by atoms with van der Waals surface area (Å²) in [7, 11) is 0. The van der Waals surface area contributed by atoms with Crippen LogP contribution in [0.1, 0.15) is 41.0 Å². The Kier molecular flexibility index (Phi) is 4.63. The van der Waals surface area contributed by atoms with Crippen molar-refractivity contribution in [3.8, 4) is 5.75 Å². The number of hydrogen-bond acceptors (Lipinski definition) is 5. The molecular weight excluding hydrogens is 439 g/mol. The summed E-state index contributed by atoms with van der Waals surface area (Å²) in [5, 5.41) is 12.2. The molecule has 0 radical (unpaired) electrons. The summed E-state index contributed by atoms with van der Waals surface area (Å²) in [6.07, 6.45) is -4.51. The van der Waals surface area contributed by atoms with Crippen LogP contribution < -0.4 is 10.1 Å². The number of ether oxygens (including phenoxy) is 1. The molecule has 0 saturated carbocycles. The zero-order chi connectivity index (χ0) is 22.8. The van der Waals surface area contributed by atoms with Crippen LogP contribution in [0.3, 0.4) is 0 Å². The van der Waals surface area contributed by atoms with Crippen LogP contribution in [0, 0.1) is 6.92 Å². The third-order valence-electron chi connectivity index (χ3n) is 5.64. The molecule has 1 N–H and O–H groups in total. The quantitative estimate of drug-likeness (QED) is 0.508. The number of rotatable bonds is 1. The van der Waals surface area contributed by atoms with Crippen molar-refractivity contribution in [2.75, 3.05) is 5.32 Å². The molecule has 32 heavy (non-hydrogen) atoms. The number of nitrogens with zero attached hydrogens (tertiary/aromatic N) is 2. The van der Waals surface area contributed by atoms with Crippen molar-refractivity contribution in [3.05, 3.63) is 57.5 Å². The number of fused-ring (bicyclic) bond motifs is 3. The highest BCUT2D eigenvalue weighted by atomic mass is 32.1. The summed E-state index contributed by atoms with van der Waals surface area (Å²) < 4.78 is 46.2. The Hall–Kier alpha value is -3.20. The zero-order valence-corrected chi connectivity index (χ0v) is 18.2. The third kappa shape index (κ3) is 3.37. The van der Waals surface area contributed by atoms with E-state index in [2.05, 4.69) is 15.5 Å². The van der Waals surface area contributed by atoms with Gasteiger partial charge in [-0.1, -0.05) is 0 Å². The number of hydrogen-bond donors (Lipinski definition) is 1. The van der Waals surface area contributed by atoms with Gasteiger partial charge in [-0.25, -0.2) is 0 Å². The summed E-state index contributed by atoms with van der Waals surface area (Å²) >= 11 is 1.38. The van der Waals surface area contributed by atoms with Gasteiger partial charge in [0.25, 0.3) is 5.91 Å². The predicted octanol–water partition coefficient (Wildman–Crippen LogP) is 5.72. The number of thiophene rings is 1. The standard InChI is InChI=1S/C23H18F3N3O2S/c1-10-6-13-7-17-18(31-12(3)22(30)27-17)9-16(13)20(29-28-10)21-11(2)15-8-14(23(24,25)26)4-5-19(15)32-21/h4-5,7-9,12H,6H2,1-3H3,(H,27,30). The number of alkyl halides is 3. The van der Waals surface area contributed by atoms with Crippen molar-refractivity contribution < 1.29 is 22.7 Å². The molecule has 1 unspecified atom stereocenters. The van der Waals surface area contributed by atoms with E-state index < -0.39 is 17.8 Å². The maximum atomic E-state index is 13.2. The van der Waals surface area contributed by atoms with Crippen LogP contribution in [-0.4, -0.2) is 23.4 Å². The van der Waals surface area contributed by atoms with E-state index in [0.29, 0.717) is 29.0 Å². The number of halogens is 3. The van der Waals surface area contributed by atoms with Crippen LogP contribution in [0.4, 0.5) is 18.9 Å². The maximum Gasteiger partial charge on any atom is 0.416 e. The number of carbonyl (C=O) groups excluding carboxylic acids is 1. The summed E-state index contributed by atoms with van der Waals surface area (Å²) in [5.41, 5.74) is 3.70.